The van der Waals surface area contributed by atoms with Crippen LogP contribution in [-0.2, 0) is 20.7 Å². The van der Waals surface area contributed by atoms with Crippen LogP contribution in [-0.4, -0.2) is 31.3 Å². The van der Waals surface area contributed by atoms with Gasteiger partial charge < -0.3 is 14.8 Å². The van der Waals surface area contributed by atoms with Crippen molar-refractivity contribution in [2.45, 2.75) is 64.3 Å². The molecular formula is C20H29NO4. The first kappa shape index (κ1) is 19.3. The number of hydrogen-bond acceptors (Lipinski definition) is 4. The number of rotatable bonds is 10. The zero-order valence-electron chi connectivity index (χ0n) is 15.3. The molecule has 1 N–H and O–H groups in total. The van der Waals surface area contributed by atoms with Gasteiger partial charge in [0.15, 0.2) is 0 Å². The van der Waals surface area contributed by atoms with E-state index in [4.69, 9.17) is 9.47 Å². The van der Waals surface area contributed by atoms with E-state index < -0.39 is 0 Å². The third-order valence-electron chi connectivity index (χ3n) is 4.34. The summed E-state index contributed by atoms with van der Waals surface area (Å²) in [4.78, 5) is 23.4. The maximum Gasteiger partial charge on any atom is 0.407 e. The van der Waals surface area contributed by atoms with Crippen molar-refractivity contribution in [3.63, 3.8) is 0 Å². The zero-order chi connectivity index (χ0) is 18.1. The van der Waals surface area contributed by atoms with Crippen LogP contribution in [0.15, 0.2) is 24.3 Å². The molecule has 0 heterocycles. The first-order valence-corrected chi connectivity index (χ1v) is 9.31. The summed E-state index contributed by atoms with van der Waals surface area (Å²) in [5, 5.41) is 2.90. The predicted octanol–water partition coefficient (Wildman–Crippen LogP) is 3.95. The van der Waals surface area contributed by atoms with Gasteiger partial charge in [0, 0.05) is 12.0 Å². The standard InChI is InChI=1S/C20H29NO4/c1-3-5-11-24-19(22)13-15-7-9-16(10-8-15)17-14-18(17)21-20(23)25-12-6-4-2/h7-10,17-18H,3-6,11-14H2,1-2H3,(H,21,23)/t17-,18+/m0/s1. The Balaban J connectivity index is 1.72. The number of hydrogen-bond donors (Lipinski definition) is 1. The third-order valence-corrected chi connectivity index (χ3v) is 4.34. The van der Waals surface area contributed by atoms with Gasteiger partial charge in [0.25, 0.3) is 0 Å². The van der Waals surface area contributed by atoms with Crippen LogP contribution in [0.2, 0.25) is 0 Å². The van der Waals surface area contributed by atoms with Crippen LogP contribution in [0.4, 0.5) is 4.79 Å². The number of ether oxygens (including phenoxy) is 2. The number of amides is 1. The van der Waals surface area contributed by atoms with Gasteiger partial charge in [-0.3, -0.25) is 4.79 Å². The van der Waals surface area contributed by atoms with Crippen LogP contribution in [0.1, 0.15) is 63.0 Å². The Morgan fingerprint density at radius 1 is 1.04 bits per heavy atom. The van der Waals surface area contributed by atoms with Gasteiger partial charge in [-0.05, 0) is 30.4 Å². The molecular weight excluding hydrogens is 318 g/mol. The molecule has 0 aliphatic heterocycles. The van der Waals surface area contributed by atoms with Crippen LogP contribution in [0.5, 0.6) is 0 Å². The Kier molecular flexibility index (Phi) is 7.76. The molecule has 0 bridgehead atoms. The van der Waals surface area contributed by atoms with Gasteiger partial charge in [0.1, 0.15) is 0 Å². The topological polar surface area (TPSA) is 64.6 Å². The van der Waals surface area contributed by atoms with E-state index in [1.807, 2.05) is 24.3 Å². The molecule has 0 saturated heterocycles. The van der Waals surface area contributed by atoms with Crippen molar-refractivity contribution in [1.29, 1.82) is 0 Å². The highest BCUT2D eigenvalue weighted by atomic mass is 16.5. The number of unbranched alkanes of at least 4 members (excludes halogenated alkanes) is 2. The highest BCUT2D eigenvalue weighted by Gasteiger charge is 2.39. The lowest BCUT2D eigenvalue weighted by Crippen LogP contribution is -2.27. The summed E-state index contributed by atoms with van der Waals surface area (Å²) in [6.07, 6.45) is 4.74. The van der Waals surface area contributed by atoms with E-state index in [1.54, 1.807) is 0 Å². The molecule has 1 amide bonds. The molecule has 1 saturated carbocycles. The molecule has 0 radical (unpaired) electrons. The van der Waals surface area contributed by atoms with Crippen LogP contribution < -0.4 is 5.32 Å². The molecule has 0 spiro atoms. The van der Waals surface area contributed by atoms with E-state index in [-0.39, 0.29) is 18.1 Å². The Morgan fingerprint density at radius 3 is 2.32 bits per heavy atom. The molecule has 138 valence electrons. The normalized spacial score (nSPS) is 18.5. The quantitative estimate of drug-likeness (QED) is 0.514. The molecule has 0 unspecified atom stereocenters. The van der Waals surface area contributed by atoms with E-state index in [2.05, 4.69) is 19.2 Å². The number of alkyl carbamates (subject to hydrolysis) is 1. The Bertz CT molecular complexity index is 555. The van der Waals surface area contributed by atoms with E-state index >= 15 is 0 Å². The molecule has 5 nitrogen and oxygen atoms in total. The van der Waals surface area contributed by atoms with Crippen molar-refractivity contribution in [1.82, 2.24) is 5.32 Å². The van der Waals surface area contributed by atoms with Gasteiger partial charge in [-0.1, -0.05) is 51.0 Å². The highest BCUT2D eigenvalue weighted by Crippen LogP contribution is 2.40. The minimum atomic E-state index is -0.326. The van der Waals surface area contributed by atoms with Gasteiger partial charge in [-0.2, -0.15) is 0 Å². The summed E-state index contributed by atoms with van der Waals surface area (Å²) in [7, 11) is 0. The molecule has 1 aliphatic rings. The van der Waals surface area contributed by atoms with Crippen LogP contribution in [0, 0.1) is 0 Å². The summed E-state index contributed by atoms with van der Waals surface area (Å²) in [5.41, 5.74) is 2.14. The summed E-state index contributed by atoms with van der Waals surface area (Å²) in [5.74, 6) is 0.159. The maximum atomic E-state index is 11.7. The van der Waals surface area contributed by atoms with Crippen molar-refractivity contribution < 1.29 is 19.1 Å². The number of carbonyl (C=O) groups excluding carboxylic acids is 2. The van der Waals surface area contributed by atoms with E-state index in [1.165, 1.54) is 5.56 Å². The van der Waals surface area contributed by atoms with Gasteiger partial charge in [0.2, 0.25) is 0 Å². The average Bonchev–Trinajstić information content (AvgIpc) is 3.35. The minimum absolute atomic E-state index is 0.152. The number of esters is 1. The molecule has 25 heavy (non-hydrogen) atoms. The van der Waals surface area contributed by atoms with Gasteiger partial charge in [0.05, 0.1) is 19.6 Å². The second kappa shape index (κ2) is 10.1. The fourth-order valence-electron chi connectivity index (χ4n) is 2.66. The molecule has 1 aromatic rings. The fourth-order valence-corrected chi connectivity index (χ4v) is 2.66. The Hall–Kier alpha value is -2.04. The van der Waals surface area contributed by atoms with Crippen LogP contribution in [0.25, 0.3) is 0 Å². The second-order valence-corrected chi connectivity index (χ2v) is 6.57. The summed E-state index contributed by atoms with van der Waals surface area (Å²) in [6.45, 7) is 5.10. The molecule has 2 rings (SSSR count). The largest absolute Gasteiger partial charge is 0.465 e. The SMILES string of the molecule is CCCCOC(=O)Cc1ccc([C@@H]2C[C@H]2NC(=O)OCCCC)cc1. The predicted molar refractivity (Wildman–Crippen MR) is 96.6 cm³/mol. The van der Waals surface area contributed by atoms with Crippen molar-refractivity contribution in [3.8, 4) is 0 Å². The van der Waals surface area contributed by atoms with Crippen LogP contribution >= 0.6 is 0 Å². The van der Waals surface area contributed by atoms with Crippen molar-refractivity contribution >= 4 is 12.1 Å². The van der Waals surface area contributed by atoms with Crippen molar-refractivity contribution in [3.05, 3.63) is 35.4 Å². The number of nitrogens with one attached hydrogen (secondary N) is 1. The van der Waals surface area contributed by atoms with E-state index in [0.29, 0.717) is 25.6 Å². The average molecular weight is 347 g/mol. The monoisotopic (exact) mass is 347 g/mol. The number of carbonyl (C=O) groups is 2. The highest BCUT2D eigenvalue weighted by molar-refractivity contribution is 5.72. The van der Waals surface area contributed by atoms with Crippen LogP contribution in [0.3, 0.4) is 0 Å². The summed E-state index contributed by atoms with van der Waals surface area (Å²) >= 11 is 0. The maximum absolute atomic E-state index is 11.7. The lowest BCUT2D eigenvalue weighted by molar-refractivity contribution is -0.142. The Morgan fingerprint density at radius 2 is 1.68 bits per heavy atom. The molecule has 2 atom stereocenters. The fraction of sp³-hybridized carbons (Fsp3) is 0.600. The lowest BCUT2D eigenvalue weighted by atomic mass is 10.1. The first-order valence-electron chi connectivity index (χ1n) is 9.31. The molecule has 1 fully saturated rings. The van der Waals surface area contributed by atoms with Gasteiger partial charge in [-0.25, -0.2) is 4.79 Å². The second-order valence-electron chi connectivity index (χ2n) is 6.57. The molecule has 0 aromatic heterocycles. The lowest BCUT2D eigenvalue weighted by Gasteiger charge is -2.07. The summed E-state index contributed by atoms with van der Waals surface area (Å²) < 4.78 is 10.3. The first-order chi connectivity index (χ1) is 12.1. The molecule has 5 heteroatoms. The summed E-state index contributed by atoms with van der Waals surface area (Å²) in [6, 6.07) is 8.14. The van der Waals surface area contributed by atoms with Gasteiger partial charge in [-0.15, -0.1) is 0 Å². The number of benzene rings is 1. The third kappa shape index (κ3) is 6.77. The minimum Gasteiger partial charge on any atom is -0.465 e. The molecule has 1 aliphatic carbocycles. The molecule has 1 aromatic carbocycles. The Labute approximate surface area is 150 Å². The smallest absolute Gasteiger partial charge is 0.407 e. The van der Waals surface area contributed by atoms with Crippen molar-refractivity contribution in [2.24, 2.45) is 0 Å². The zero-order valence-corrected chi connectivity index (χ0v) is 15.3. The van der Waals surface area contributed by atoms with Gasteiger partial charge >= 0.3 is 12.1 Å². The van der Waals surface area contributed by atoms with E-state index in [0.717, 1.165) is 37.7 Å². The van der Waals surface area contributed by atoms with Crippen molar-refractivity contribution in [2.75, 3.05) is 13.2 Å². The van der Waals surface area contributed by atoms with E-state index in [9.17, 15) is 9.59 Å².